The average Bonchev–Trinajstić information content (AvgIpc) is 2.63. The van der Waals surface area contributed by atoms with Gasteiger partial charge in [0, 0.05) is 16.6 Å². The maximum Gasteiger partial charge on any atom is 0.171 e. The molecule has 0 atom stereocenters. The zero-order chi connectivity index (χ0) is 12.5. The fourth-order valence-corrected chi connectivity index (χ4v) is 3.35. The molecule has 3 nitrogen and oxygen atoms in total. The Morgan fingerprint density at radius 3 is 2.78 bits per heavy atom. The van der Waals surface area contributed by atoms with Crippen LogP contribution in [0.1, 0.15) is 30.5 Å². The molecule has 2 aromatic heterocycles. The Morgan fingerprint density at radius 2 is 2.00 bits per heavy atom. The molecule has 18 heavy (non-hydrogen) atoms. The average molecular weight is 280 g/mol. The summed E-state index contributed by atoms with van der Waals surface area (Å²) in [6.07, 6.45) is 5.63. The molecule has 0 unspecified atom stereocenters. The Morgan fingerprint density at radius 1 is 1.17 bits per heavy atom. The number of hydrogen-bond acceptors (Lipinski definition) is 4. The molecule has 2 heterocycles. The number of fused-ring (bicyclic) bond motifs is 1. The minimum atomic E-state index is 0.640. The maximum atomic E-state index is 6.08. The van der Waals surface area contributed by atoms with Crippen molar-refractivity contribution in [2.75, 3.05) is 5.73 Å². The summed E-state index contributed by atoms with van der Waals surface area (Å²) < 4.78 is 0. The van der Waals surface area contributed by atoms with Gasteiger partial charge in [-0.2, -0.15) is 0 Å². The normalized spacial score (nSPS) is 15.2. The first-order chi connectivity index (χ1) is 8.74. The molecule has 0 spiro atoms. The van der Waals surface area contributed by atoms with Crippen LogP contribution in [-0.4, -0.2) is 9.97 Å². The molecule has 0 aliphatic heterocycles. The van der Waals surface area contributed by atoms with Gasteiger partial charge in [-0.1, -0.05) is 18.0 Å². The van der Waals surface area contributed by atoms with Gasteiger partial charge >= 0.3 is 0 Å². The van der Waals surface area contributed by atoms with Crippen LogP contribution >= 0.6 is 22.9 Å². The lowest BCUT2D eigenvalue weighted by Crippen LogP contribution is -2.06. The molecule has 0 bridgehead atoms. The van der Waals surface area contributed by atoms with E-state index in [-0.39, 0.29) is 0 Å². The summed E-state index contributed by atoms with van der Waals surface area (Å²) in [6, 6.07) is 1.89. The summed E-state index contributed by atoms with van der Waals surface area (Å²) in [6.45, 7) is 0. The van der Waals surface area contributed by atoms with Crippen LogP contribution in [0, 0.1) is 0 Å². The molecule has 5 heteroatoms. The summed E-state index contributed by atoms with van der Waals surface area (Å²) in [7, 11) is 0. The van der Waals surface area contributed by atoms with Crippen molar-refractivity contribution in [1.82, 2.24) is 9.97 Å². The first kappa shape index (κ1) is 11.9. The summed E-state index contributed by atoms with van der Waals surface area (Å²) in [5.41, 5.74) is 8.35. The van der Waals surface area contributed by atoms with Gasteiger partial charge in [-0.25, -0.2) is 9.97 Å². The third kappa shape index (κ3) is 2.22. The van der Waals surface area contributed by atoms with Crippen molar-refractivity contribution in [2.24, 2.45) is 0 Å². The van der Waals surface area contributed by atoms with Gasteiger partial charge in [-0.3, -0.25) is 0 Å². The molecular formula is C13H14ClN3S. The minimum absolute atomic E-state index is 0.640. The first-order valence-corrected chi connectivity index (χ1v) is 7.39. The standard InChI is InChI=1S/C13H14ClN3S/c14-8-6-11(18-7-8)13-16-10-5-3-1-2-4-9(10)12(15)17-13/h6-7H,1-5H2,(H2,15,16,17). The van der Waals surface area contributed by atoms with Crippen LogP contribution in [-0.2, 0) is 12.8 Å². The number of nitrogen functional groups attached to an aromatic ring is 1. The van der Waals surface area contributed by atoms with E-state index in [0.29, 0.717) is 11.6 Å². The molecule has 94 valence electrons. The number of thiophene rings is 1. The number of aryl methyl sites for hydroxylation is 1. The van der Waals surface area contributed by atoms with Crippen LogP contribution in [0.15, 0.2) is 11.4 Å². The molecule has 0 radical (unpaired) electrons. The monoisotopic (exact) mass is 279 g/mol. The second-order valence-electron chi connectivity index (χ2n) is 4.55. The van der Waals surface area contributed by atoms with Crippen molar-refractivity contribution in [2.45, 2.75) is 32.1 Å². The van der Waals surface area contributed by atoms with Crippen LogP contribution in [0.2, 0.25) is 5.02 Å². The van der Waals surface area contributed by atoms with Crippen molar-refractivity contribution < 1.29 is 0 Å². The Kier molecular flexibility index (Phi) is 3.22. The van der Waals surface area contributed by atoms with Gasteiger partial charge in [0.2, 0.25) is 0 Å². The van der Waals surface area contributed by atoms with Crippen molar-refractivity contribution in [3.05, 3.63) is 27.7 Å². The van der Waals surface area contributed by atoms with E-state index in [1.807, 2.05) is 11.4 Å². The highest BCUT2D eigenvalue weighted by Gasteiger charge is 2.16. The topological polar surface area (TPSA) is 51.8 Å². The number of halogens is 1. The Hall–Kier alpha value is -1.13. The fraction of sp³-hybridized carbons (Fsp3) is 0.385. The highest BCUT2D eigenvalue weighted by Crippen LogP contribution is 2.30. The van der Waals surface area contributed by atoms with Crippen molar-refractivity contribution in [1.29, 1.82) is 0 Å². The summed E-state index contributed by atoms with van der Waals surface area (Å²) in [5, 5.41) is 2.62. The molecule has 2 N–H and O–H groups in total. The maximum absolute atomic E-state index is 6.08. The van der Waals surface area contributed by atoms with Crippen LogP contribution < -0.4 is 5.73 Å². The van der Waals surface area contributed by atoms with Gasteiger partial charge in [-0.05, 0) is 31.7 Å². The third-order valence-corrected chi connectivity index (χ3v) is 4.53. The summed E-state index contributed by atoms with van der Waals surface area (Å²) in [5.74, 6) is 1.35. The Labute approximate surface area is 115 Å². The van der Waals surface area contributed by atoms with E-state index in [9.17, 15) is 0 Å². The lowest BCUT2D eigenvalue weighted by Gasteiger charge is -2.09. The second-order valence-corrected chi connectivity index (χ2v) is 5.90. The van der Waals surface area contributed by atoms with E-state index < -0.39 is 0 Å². The highest BCUT2D eigenvalue weighted by atomic mass is 35.5. The van der Waals surface area contributed by atoms with E-state index in [1.54, 1.807) is 11.3 Å². The minimum Gasteiger partial charge on any atom is -0.383 e. The molecule has 3 rings (SSSR count). The zero-order valence-electron chi connectivity index (χ0n) is 9.95. The van der Waals surface area contributed by atoms with Gasteiger partial charge in [0.25, 0.3) is 0 Å². The van der Waals surface area contributed by atoms with Gasteiger partial charge in [0.05, 0.1) is 9.90 Å². The van der Waals surface area contributed by atoms with Gasteiger partial charge < -0.3 is 5.73 Å². The fourth-order valence-electron chi connectivity index (χ4n) is 2.34. The van der Waals surface area contributed by atoms with Crippen LogP contribution in [0.4, 0.5) is 5.82 Å². The third-order valence-electron chi connectivity index (χ3n) is 3.25. The van der Waals surface area contributed by atoms with E-state index in [4.69, 9.17) is 17.3 Å². The number of nitrogens with two attached hydrogens (primary N) is 1. The Bertz CT molecular complexity index is 580. The van der Waals surface area contributed by atoms with Crippen LogP contribution in [0.5, 0.6) is 0 Å². The van der Waals surface area contributed by atoms with Crippen LogP contribution in [0.3, 0.4) is 0 Å². The molecule has 2 aromatic rings. The number of hydrogen-bond donors (Lipinski definition) is 1. The molecule has 0 amide bonds. The van der Waals surface area contributed by atoms with Crippen LogP contribution in [0.25, 0.3) is 10.7 Å². The molecule has 0 saturated carbocycles. The molecular weight excluding hydrogens is 266 g/mol. The number of anilines is 1. The number of nitrogens with zero attached hydrogens (tertiary/aromatic N) is 2. The summed E-state index contributed by atoms with van der Waals surface area (Å²) in [4.78, 5) is 10.1. The smallest absolute Gasteiger partial charge is 0.171 e. The second kappa shape index (κ2) is 4.86. The number of rotatable bonds is 1. The van der Waals surface area contributed by atoms with E-state index in [0.717, 1.165) is 34.0 Å². The largest absolute Gasteiger partial charge is 0.383 e. The van der Waals surface area contributed by atoms with E-state index in [2.05, 4.69) is 9.97 Å². The van der Waals surface area contributed by atoms with Gasteiger partial charge in [0.15, 0.2) is 5.82 Å². The van der Waals surface area contributed by atoms with Gasteiger partial charge in [-0.15, -0.1) is 11.3 Å². The molecule has 0 fully saturated rings. The predicted octanol–water partition coefficient (Wildman–Crippen LogP) is 3.71. The van der Waals surface area contributed by atoms with Crippen molar-refractivity contribution in [3.8, 4) is 10.7 Å². The van der Waals surface area contributed by atoms with E-state index >= 15 is 0 Å². The first-order valence-electron chi connectivity index (χ1n) is 6.14. The van der Waals surface area contributed by atoms with E-state index in [1.165, 1.54) is 19.3 Å². The highest BCUT2D eigenvalue weighted by molar-refractivity contribution is 7.14. The molecule has 0 aromatic carbocycles. The molecule has 1 aliphatic rings. The molecule has 0 saturated heterocycles. The molecule has 1 aliphatic carbocycles. The quantitative estimate of drug-likeness (QED) is 0.810. The van der Waals surface area contributed by atoms with Gasteiger partial charge in [0.1, 0.15) is 5.82 Å². The zero-order valence-corrected chi connectivity index (χ0v) is 11.5. The predicted molar refractivity (Wildman–Crippen MR) is 76.0 cm³/mol. The van der Waals surface area contributed by atoms with Crippen molar-refractivity contribution >= 4 is 28.8 Å². The Balaban J connectivity index is 2.07. The summed E-state index contributed by atoms with van der Waals surface area (Å²) >= 11 is 7.50. The van der Waals surface area contributed by atoms with Crippen molar-refractivity contribution in [3.63, 3.8) is 0 Å². The SMILES string of the molecule is Nc1nc(-c2cc(Cl)cs2)nc2c1CCCCC2. The lowest BCUT2D eigenvalue weighted by molar-refractivity contribution is 0.709. The number of aromatic nitrogens is 2. The lowest BCUT2D eigenvalue weighted by atomic mass is 10.1.